The van der Waals surface area contributed by atoms with Crippen molar-refractivity contribution in [3.05, 3.63) is 35.9 Å². The fourth-order valence-electron chi connectivity index (χ4n) is 2.12. The molecular formula is C13H19N3O. The number of rotatable bonds is 3. The number of hydrogen-bond donors (Lipinski definition) is 1. The first-order chi connectivity index (χ1) is 8.31. The first kappa shape index (κ1) is 12.1. The molecule has 1 saturated heterocycles. The van der Waals surface area contributed by atoms with Crippen LogP contribution in [0, 0.1) is 0 Å². The van der Waals surface area contributed by atoms with E-state index in [0.29, 0.717) is 6.54 Å². The van der Waals surface area contributed by atoms with Gasteiger partial charge in [-0.15, -0.1) is 0 Å². The second-order valence-corrected chi connectivity index (χ2v) is 4.29. The van der Waals surface area contributed by atoms with Crippen LogP contribution in [-0.4, -0.2) is 55.0 Å². The van der Waals surface area contributed by atoms with Crippen molar-refractivity contribution < 1.29 is 4.79 Å². The van der Waals surface area contributed by atoms with E-state index in [9.17, 15) is 4.79 Å². The highest BCUT2D eigenvalue weighted by atomic mass is 16.2. The lowest BCUT2D eigenvalue weighted by Gasteiger charge is -2.34. The van der Waals surface area contributed by atoms with Crippen molar-refractivity contribution in [1.29, 1.82) is 0 Å². The van der Waals surface area contributed by atoms with Gasteiger partial charge in [-0.25, -0.2) is 0 Å². The van der Waals surface area contributed by atoms with Crippen molar-refractivity contribution in [2.75, 3.05) is 39.3 Å². The summed E-state index contributed by atoms with van der Waals surface area (Å²) in [6, 6.07) is 9.47. The van der Waals surface area contributed by atoms with Gasteiger partial charge in [0.25, 0.3) is 5.91 Å². The SMILES string of the molecule is NCCN1CCN(C(=O)c2ccccc2)CC1. The Morgan fingerprint density at radius 3 is 2.35 bits per heavy atom. The first-order valence-electron chi connectivity index (χ1n) is 6.08. The van der Waals surface area contributed by atoms with E-state index in [-0.39, 0.29) is 5.91 Å². The van der Waals surface area contributed by atoms with E-state index in [2.05, 4.69) is 4.90 Å². The van der Waals surface area contributed by atoms with E-state index in [1.807, 2.05) is 35.2 Å². The van der Waals surface area contributed by atoms with Crippen molar-refractivity contribution in [3.8, 4) is 0 Å². The van der Waals surface area contributed by atoms with Crippen molar-refractivity contribution in [2.24, 2.45) is 5.73 Å². The average Bonchev–Trinajstić information content (AvgIpc) is 2.40. The number of piperazine rings is 1. The zero-order valence-corrected chi connectivity index (χ0v) is 10.0. The molecule has 0 spiro atoms. The molecule has 2 rings (SSSR count). The standard InChI is InChI=1S/C13H19N3O/c14-6-7-15-8-10-16(11-9-15)13(17)12-4-2-1-3-5-12/h1-5H,6-11,14H2. The quantitative estimate of drug-likeness (QED) is 0.822. The Kier molecular flexibility index (Phi) is 4.12. The van der Waals surface area contributed by atoms with Crippen molar-refractivity contribution in [1.82, 2.24) is 9.80 Å². The van der Waals surface area contributed by atoms with Gasteiger partial charge >= 0.3 is 0 Å². The molecule has 1 aliphatic rings. The average molecular weight is 233 g/mol. The number of hydrogen-bond acceptors (Lipinski definition) is 3. The van der Waals surface area contributed by atoms with Crippen molar-refractivity contribution in [3.63, 3.8) is 0 Å². The Bertz CT molecular complexity index is 358. The molecule has 92 valence electrons. The molecule has 1 fully saturated rings. The van der Waals surface area contributed by atoms with Gasteiger partial charge in [-0.05, 0) is 12.1 Å². The molecule has 4 nitrogen and oxygen atoms in total. The van der Waals surface area contributed by atoms with Crippen LogP contribution < -0.4 is 5.73 Å². The lowest BCUT2D eigenvalue weighted by molar-refractivity contribution is 0.0641. The molecule has 1 aromatic rings. The first-order valence-corrected chi connectivity index (χ1v) is 6.08. The highest BCUT2D eigenvalue weighted by Gasteiger charge is 2.21. The topological polar surface area (TPSA) is 49.6 Å². The highest BCUT2D eigenvalue weighted by molar-refractivity contribution is 5.94. The molecule has 2 N–H and O–H groups in total. The lowest BCUT2D eigenvalue weighted by Crippen LogP contribution is -2.49. The second kappa shape index (κ2) is 5.80. The Hall–Kier alpha value is -1.39. The maximum Gasteiger partial charge on any atom is 0.253 e. The number of carbonyl (C=O) groups excluding carboxylic acids is 1. The Balaban J connectivity index is 1.91. The van der Waals surface area contributed by atoms with Gasteiger partial charge in [-0.3, -0.25) is 9.69 Å². The Labute approximate surface area is 102 Å². The summed E-state index contributed by atoms with van der Waals surface area (Å²) in [6.07, 6.45) is 0. The highest BCUT2D eigenvalue weighted by Crippen LogP contribution is 2.08. The number of benzene rings is 1. The van der Waals surface area contributed by atoms with Crippen molar-refractivity contribution in [2.45, 2.75) is 0 Å². The van der Waals surface area contributed by atoms with Gasteiger partial charge in [-0.1, -0.05) is 18.2 Å². The molecule has 1 aliphatic heterocycles. The van der Waals surface area contributed by atoms with Crippen LogP contribution in [-0.2, 0) is 0 Å². The molecule has 17 heavy (non-hydrogen) atoms. The zero-order valence-electron chi connectivity index (χ0n) is 10.0. The Morgan fingerprint density at radius 2 is 1.76 bits per heavy atom. The molecular weight excluding hydrogens is 214 g/mol. The van der Waals surface area contributed by atoms with E-state index >= 15 is 0 Å². The minimum absolute atomic E-state index is 0.137. The molecule has 4 heteroatoms. The molecule has 1 heterocycles. The van der Waals surface area contributed by atoms with Gasteiger partial charge in [0, 0.05) is 44.8 Å². The molecule has 1 aromatic carbocycles. The van der Waals surface area contributed by atoms with Crippen LogP contribution in [0.4, 0.5) is 0 Å². The van der Waals surface area contributed by atoms with Crippen LogP contribution >= 0.6 is 0 Å². The summed E-state index contributed by atoms with van der Waals surface area (Å²) >= 11 is 0. The van der Waals surface area contributed by atoms with E-state index < -0.39 is 0 Å². The maximum atomic E-state index is 12.1. The van der Waals surface area contributed by atoms with Gasteiger partial charge in [0.15, 0.2) is 0 Å². The van der Waals surface area contributed by atoms with Gasteiger partial charge in [0.05, 0.1) is 0 Å². The van der Waals surface area contributed by atoms with Gasteiger partial charge in [0.2, 0.25) is 0 Å². The van der Waals surface area contributed by atoms with E-state index in [4.69, 9.17) is 5.73 Å². The normalized spacial score (nSPS) is 17.1. The maximum absolute atomic E-state index is 12.1. The van der Waals surface area contributed by atoms with Crippen LogP contribution in [0.15, 0.2) is 30.3 Å². The number of amides is 1. The third-order valence-corrected chi connectivity index (χ3v) is 3.13. The molecule has 0 radical (unpaired) electrons. The predicted octanol–water partition coefficient (Wildman–Crippen LogP) is 0.403. The van der Waals surface area contributed by atoms with Crippen LogP contribution in [0.2, 0.25) is 0 Å². The molecule has 0 atom stereocenters. The number of nitrogens with two attached hydrogens (primary N) is 1. The summed E-state index contributed by atoms with van der Waals surface area (Å²) in [7, 11) is 0. The minimum atomic E-state index is 0.137. The van der Waals surface area contributed by atoms with Crippen LogP contribution in [0.5, 0.6) is 0 Å². The predicted molar refractivity (Wildman–Crippen MR) is 67.8 cm³/mol. The van der Waals surface area contributed by atoms with Gasteiger partial charge < -0.3 is 10.6 Å². The fourth-order valence-corrected chi connectivity index (χ4v) is 2.12. The van der Waals surface area contributed by atoms with Crippen LogP contribution in [0.1, 0.15) is 10.4 Å². The van der Waals surface area contributed by atoms with Crippen LogP contribution in [0.3, 0.4) is 0 Å². The summed E-state index contributed by atoms with van der Waals surface area (Å²) < 4.78 is 0. The van der Waals surface area contributed by atoms with E-state index in [0.717, 1.165) is 38.3 Å². The van der Waals surface area contributed by atoms with Crippen LogP contribution in [0.25, 0.3) is 0 Å². The molecule has 0 bridgehead atoms. The largest absolute Gasteiger partial charge is 0.336 e. The van der Waals surface area contributed by atoms with E-state index in [1.54, 1.807) is 0 Å². The Morgan fingerprint density at radius 1 is 1.12 bits per heavy atom. The molecule has 0 aliphatic carbocycles. The van der Waals surface area contributed by atoms with Crippen molar-refractivity contribution >= 4 is 5.91 Å². The molecule has 0 aromatic heterocycles. The fraction of sp³-hybridized carbons (Fsp3) is 0.462. The monoisotopic (exact) mass is 233 g/mol. The third-order valence-electron chi connectivity index (χ3n) is 3.13. The van der Waals surface area contributed by atoms with Gasteiger partial charge in [-0.2, -0.15) is 0 Å². The number of carbonyl (C=O) groups is 1. The summed E-state index contributed by atoms with van der Waals surface area (Å²) in [5.41, 5.74) is 6.30. The summed E-state index contributed by atoms with van der Waals surface area (Å²) in [5.74, 6) is 0.137. The number of nitrogens with zero attached hydrogens (tertiary/aromatic N) is 2. The lowest BCUT2D eigenvalue weighted by atomic mass is 10.2. The zero-order chi connectivity index (χ0) is 12.1. The smallest absolute Gasteiger partial charge is 0.253 e. The summed E-state index contributed by atoms with van der Waals surface area (Å²) in [4.78, 5) is 16.4. The minimum Gasteiger partial charge on any atom is -0.336 e. The second-order valence-electron chi connectivity index (χ2n) is 4.29. The van der Waals surface area contributed by atoms with Gasteiger partial charge in [0.1, 0.15) is 0 Å². The summed E-state index contributed by atoms with van der Waals surface area (Å²) in [6.45, 7) is 5.06. The van der Waals surface area contributed by atoms with E-state index in [1.165, 1.54) is 0 Å². The molecule has 0 saturated carbocycles. The third kappa shape index (κ3) is 3.05. The summed E-state index contributed by atoms with van der Waals surface area (Å²) in [5, 5.41) is 0. The molecule has 1 amide bonds. The molecule has 0 unspecified atom stereocenters.